The van der Waals surface area contributed by atoms with Crippen LogP contribution in [0.1, 0.15) is 36.7 Å². The van der Waals surface area contributed by atoms with Gasteiger partial charge in [-0.05, 0) is 32.4 Å². The predicted octanol–water partition coefficient (Wildman–Crippen LogP) is 1.77. The fourth-order valence-corrected chi connectivity index (χ4v) is 4.35. The highest BCUT2D eigenvalue weighted by Crippen LogP contribution is 2.17. The molecule has 0 aliphatic carbocycles. The Hall–Kier alpha value is -3.13. The SMILES string of the molecule is CCNc1nc(SNC(=O)NS(=O)(=O)Cc2ccccc2C(=O)OC)nc(N(CC)CC)n1. The van der Waals surface area contributed by atoms with Crippen LogP contribution in [0.5, 0.6) is 0 Å². The quantitative estimate of drug-likeness (QED) is 0.307. The van der Waals surface area contributed by atoms with Gasteiger partial charge < -0.3 is 15.0 Å². The Labute approximate surface area is 197 Å². The van der Waals surface area contributed by atoms with Crippen LogP contribution in [0, 0.1) is 0 Å². The molecule has 0 saturated heterocycles. The molecule has 0 fully saturated rings. The highest BCUT2D eigenvalue weighted by molar-refractivity contribution is 7.98. The van der Waals surface area contributed by atoms with E-state index in [9.17, 15) is 18.0 Å². The summed E-state index contributed by atoms with van der Waals surface area (Å²) in [6.45, 7) is 7.75. The molecule has 0 aliphatic rings. The molecule has 3 N–H and O–H groups in total. The summed E-state index contributed by atoms with van der Waals surface area (Å²) in [4.78, 5) is 38.9. The molecule has 2 aromatic rings. The average molecular weight is 498 g/mol. The lowest BCUT2D eigenvalue weighted by Crippen LogP contribution is -2.37. The Morgan fingerprint density at radius 3 is 2.42 bits per heavy atom. The number of benzene rings is 1. The third-order valence-corrected chi connectivity index (χ3v) is 6.08. The number of methoxy groups -OCH3 is 1. The minimum Gasteiger partial charge on any atom is -0.465 e. The molecule has 0 aliphatic heterocycles. The van der Waals surface area contributed by atoms with Gasteiger partial charge in [0, 0.05) is 31.6 Å². The van der Waals surface area contributed by atoms with Crippen LogP contribution in [0.15, 0.2) is 29.4 Å². The Balaban J connectivity index is 2.08. The molecular formula is C19H27N7O5S2. The van der Waals surface area contributed by atoms with Crippen LogP contribution in [0.3, 0.4) is 0 Å². The molecule has 0 unspecified atom stereocenters. The lowest BCUT2D eigenvalue weighted by Gasteiger charge is -2.19. The van der Waals surface area contributed by atoms with Gasteiger partial charge in [-0.2, -0.15) is 15.0 Å². The van der Waals surface area contributed by atoms with Gasteiger partial charge in [-0.25, -0.2) is 22.7 Å². The van der Waals surface area contributed by atoms with Gasteiger partial charge in [-0.1, -0.05) is 18.2 Å². The molecule has 14 heteroatoms. The van der Waals surface area contributed by atoms with E-state index in [-0.39, 0.29) is 16.3 Å². The standard InChI is InChI=1S/C19H27N7O5S2/c1-5-20-16-21-17(26(6-2)7-3)23-19(22-16)32-24-18(28)25-33(29,30)12-13-10-8-9-11-14(13)15(27)31-4/h8-11H,5-7,12H2,1-4H3,(H2,24,25,28)(H,20,21,22,23). The van der Waals surface area contributed by atoms with Gasteiger partial charge in [0.2, 0.25) is 27.1 Å². The van der Waals surface area contributed by atoms with Crippen molar-refractivity contribution in [2.24, 2.45) is 0 Å². The van der Waals surface area contributed by atoms with Crippen molar-refractivity contribution in [1.82, 2.24) is 24.4 Å². The first kappa shape index (κ1) is 26.1. The van der Waals surface area contributed by atoms with Crippen molar-refractivity contribution >= 4 is 45.9 Å². The van der Waals surface area contributed by atoms with Crippen molar-refractivity contribution in [3.05, 3.63) is 35.4 Å². The fourth-order valence-electron chi connectivity index (χ4n) is 2.73. The second kappa shape index (κ2) is 12.2. The molecule has 12 nitrogen and oxygen atoms in total. The van der Waals surface area contributed by atoms with E-state index in [1.807, 2.05) is 30.4 Å². The number of nitrogens with zero attached hydrogens (tertiary/aromatic N) is 4. The molecule has 1 aromatic carbocycles. The van der Waals surface area contributed by atoms with Gasteiger partial charge in [0.1, 0.15) is 0 Å². The highest BCUT2D eigenvalue weighted by Gasteiger charge is 2.21. The molecule has 1 heterocycles. The van der Waals surface area contributed by atoms with Crippen LogP contribution in [-0.2, 0) is 20.5 Å². The van der Waals surface area contributed by atoms with E-state index in [1.165, 1.54) is 19.2 Å². The molecule has 0 bridgehead atoms. The first-order valence-corrected chi connectivity index (χ1v) is 12.6. The summed E-state index contributed by atoms with van der Waals surface area (Å²) < 4.78 is 33.8. The molecule has 0 atom stereocenters. The third-order valence-electron chi connectivity index (χ3n) is 4.24. The first-order chi connectivity index (χ1) is 15.7. The lowest BCUT2D eigenvalue weighted by molar-refractivity contribution is 0.0600. The zero-order valence-electron chi connectivity index (χ0n) is 18.8. The maximum Gasteiger partial charge on any atom is 0.338 e. The summed E-state index contributed by atoms with van der Waals surface area (Å²) in [5, 5.41) is 3.19. The number of nitrogens with one attached hydrogen (secondary N) is 3. The number of aromatic nitrogens is 3. The van der Waals surface area contributed by atoms with Gasteiger partial charge >= 0.3 is 12.0 Å². The van der Waals surface area contributed by atoms with Crippen molar-refractivity contribution in [1.29, 1.82) is 0 Å². The van der Waals surface area contributed by atoms with E-state index >= 15 is 0 Å². The normalized spacial score (nSPS) is 10.9. The first-order valence-electron chi connectivity index (χ1n) is 10.1. The number of rotatable bonds is 11. The van der Waals surface area contributed by atoms with Crippen LogP contribution >= 0.6 is 11.9 Å². The van der Waals surface area contributed by atoms with Gasteiger partial charge in [-0.15, -0.1) is 0 Å². The molecule has 1 aromatic heterocycles. The summed E-state index contributed by atoms with van der Waals surface area (Å²) in [6, 6.07) is 5.11. The minimum absolute atomic E-state index is 0.102. The lowest BCUT2D eigenvalue weighted by atomic mass is 10.1. The maximum absolute atomic E-state index is 12.5. The van der Waals surface area contributed by atoms with E-state index in [2.05, 4.69) is 29.7 Å². The molecule has 0 radical (unpaired) electrons. The second-order valence-electron chi connectivity index (χ2n) is 6.49. The molecule has 2 amide bonds. The number of ether oxygens (including phenoxy) is 1. The smallest absolute Gasteiger partial charge is 0.338 e. The van der Waals surface area contributed by atoms with E-state index in [0.29, 0.717) is 31.5 Å². The van der Waals surface area contributed by atoms with Crippen LogP contribution in [0.2, 0.25) is 0 Å². The van der Waals surface area contributed by atoms with E-state index < -0.39 is 27.8 Å². The topological polar surface area (TPSA) is 156 Å². The number of amides is 2. The highest BCUT2D eigenvalue weighted by atomic mass is 32.2. The van der Waals surface area contributed by atoms with Gasteiger partial charge in [0.15, 0.2) is 0 Å². The zero-order chi connectivity index (χ0) is 24.4. The van der Waals surface area contributed by atoms with E-state index in [4.69, 9.17) is 0 Å². The Bertz CT molecular complexity index is 1080. The molecule has 2 rings (SSSR count). The minimum atomic E-state index is -4.11. The molecule has 0 saturated carbocycles. The Morgan fingerprint density at radius 2 is 1.79 bits per heavy atom. The zero-order valence-corrected chi connectivity index (χ0v) is 20.4. The summed E-state index contributed by atoms with van der Waals surface area (Å²) in [6.07, 6.45) is 0. The average Bonchev–Trinajstić information content (AvgIpc) is 2.78. The summed E-state index contributed by atoms with van der Waals surface area (Å²) in [7, 11) is -2.91. The number of carbonyl (C=O) groups is 2. The number of hydrogen-bond donors (Lipinski definition) is 3. The van der Waals surface area contributed by atoms with Crippen molar-refractivity contribution in [2.75, 3.05) is 37.0 Å². The van der Waals surface area contributed by atoms with Gasteiger partial charge in [-0.3, -0.25) is 4.72 Å². The summed E-state index contributed by atoms with van der Waals surface area (Å²) in [5.74, 6) is -0.483. The number of hydrogen-bond acceptors (Lipinski definition) is 11. The van der Waals surface area contributed by atoms with Crippen LogP contribution < -0.4 is 19.7 Å². The van der Waals surface area contributed by atoms with Crippen molar-refractivity contribution in [3.8, 4) is 0 Å². The number of anilines is 2. The largest absolute Gasteiger partial charge is 0.465 e. The molecule has 33 heavy (non-hydrogen) atoms. The molecule has 180 valence electrons. The van der Waals surface area contributed by atoms with Gasteiger partial charge in [0.25, 0.3) is 0 Å². The van der Waals surface area contributed by atoms with Crippen molar-refractivity contribution in [3.63, 3.8) is 0 Å². The fraction of sp³-hybridized carbons (Fsp3) is 0.421. The van der Waals surface area contributed by atoms with Crippen LogP contribution in [0.25, 0.3) is 0 Å². The summed E-state index contributed by atoms with van der Waals surface area (Å²) >= 11 is 0.750. The maximum atomic E-state index is 12.5. The number of carbonyl (C=O) groups excluding carboxylic acids is 2. The third kappa shape index (κ3) is 7.75. The molecule has 0 spiro atoms. The Kier molecular flexibility index (Phi) is 9.66. The number of urea groups is 1. The second-order valence-corrected chi connectivity index (χ2v) is 8.98. The van der Waals surface area contributed by atoms with Crippen molar-refractivity contribution in [2.45, 2.75) is 31.7 Å². The predicted molar refractivity (Wildman–Crippen MR) is 125 cm³/mol. The monoisotopic (exact) mass is 497 g/mol. The van der Waals surface area contributed by atoms with Crippen LogP contribution in [-0.4, -0.2) is 62.1 Å². The van der Waals surface area contributed by atoms with E-state index in [0.717, 1.165) is 11.9 Å². The Morgan fingerprint density at radius 1 is 1.09 bits per heavy atom. The number of sulfonamides is 1. The van der Waals surface area contributed by atoms with Crippen LogP contribution in [0.4, 0.5) is 16.7 Å². The van der Waals surface area contributed by atoms with Crippen molar-refractivity contribution < 1.29 is 22.7 Å². The number of esters is 1. The molecular weight excluding hydrogens is 470 g/mol. The van der Waals surface area contributed by atoms with Gasteiger partial charge in [0.05, 0.1) is 18.4 Å². The van der Waals surface area contributed by atoms with E-state index in [1.54, 1.807) is 12.1 Å². The summed E-state index contributed by atoms with van der Waals surface area (Å²) in [5.41, 5.74) is 0.305.